The minimum absolute atomic E-state index is 0.123. The fraction of sp³-hybridized carbons (Fsp3) is 0.278. The molecule has 24 heavy (non-hydrogen) atoms. The summed E-state index contributed by atoms with van der Waals surface area (Å²) < 4.78 is 0. The molecule has 3 rings (SSSR count). The fourth-order valence-electron chi connectivity index (χ4n) is 2.68. The van der Waals surface area contributed by atoms with Crippen molar-refractivity contribution in [2.24, 2.45) is 5.92 Å². The van der Waals surface area contributed by atoms with Gasteiger partial charge in [0.15, 0.2) is 0 Å². The highest BCUT2D eigenvalue weighted by Crippen LogP contribution is 2.38. The SMILES string of the molecule is N#Cc1c(N)nc(SCC2CCC2)c(C#N)c1-c1ccc(O)cc1. The molecule has 1 heterocycles. The van der Waals surface area contributed by atoms with Crippen molar-refractivity contribution >= 4 is 17.6 Å². The Labute approximate surface area is 144 Å². The van der Waals surface area contributed by atoms with Gasteiger partial charge >= 0.3 is 0 Å². The van der Waals surface area contributed by atoms with E-state index in [1.165, 1.54) is 43.2 Å². The number of aromatic hydroxyl groups is 1. The molecule has 0 radical (unpaired) electrons. The van der Waals surface area contributed by atoms with E-state index in [2.05, 4.69) is 17.1 Å². The molecular weight excluding hydrogens is 320 g/mol. The lowest BCUT2D eigenvalue weighted by Gasteiger charge is -2.24. The molecule has 6 heteroatoms. The van der Waals surface area contributed by atoms with Gasteiger partial charge in [0.25, 0.3) is 0 Å². The van der Waals surface area contributed by atoms with E-state index in [0.29, 0.717) is 27.6 Å². The third-order valence-electron chi connectivity index (χ3n) is 4.25. The van der Waals surface area contributed by atoms with Crippen molar-refractivity contribution in [3.63, 3.8) is 0 Å². The zero-order valence-corrected chi connectivity index (χ0v) is 13.8. The van der Waals surface area contributed by atoms with E-state index < -0.39 is 0 Å². The fourth-order valence-corrected chi connectivity index (χ4v) is 3.86. The number of hydrogen-bond donors (Lipinski definition) is 2. The number of rotatable bonds is 4. The molecule has 120 valence electrons. The summed E-state index contributed by atoms with van der Waals surface area (Å²) >= 11 is 1.53. The van der Waals surface area contributed by atoms with Crippen LogP contribution in [0, 0.1) is 28.6 Å². The summed E-state index contributed by atoms with van der Waals surface area (Å²) in [4.78, 5) is 4.30. The smallest absolute Gasteiger partial charge is 0.143 e. The zero-order chi connectivity index (χ0) is 17.1. The first-order chi connectivity index (χ1) is 11.6. The van der Waals surface area contributed by atoms with Crippen molar-refractivity contribution in [2.45, 2.75) is 24.3 Å². The Bertz CT molecular complexity index is 845. The Morgan fingerprint density at radius 3 is 2.38 bits per heavy atom. The van der Waals surface area contributed by atoms with Gasteiger partial charge in [-0.2, -0.15) is 10.5 Å². The summed E-state index contributed by atoms with van der Waals surface area (Å²) in [7, 11) is 0. The third kappa shape index (κ3) is 3.02. The van der Waals surface area contributed by atoms with Crippen molar-refractivity contribution in [3.8, 4) is 29.0 Å². The Balaban J connectivity index is 2.10. The molecule has 0 saturated heterocycles. The highest BCUT2D eigenvalue weighted by Gasteiger charge is 2.23. The topological polar surface area (TPSA) is 107 Å². The molecule has 0 amide bonds. The maximum atomic E-state index is 9.66. The number of pyridine rings is 1. The highest BCUT2D eigenvalue weighted by molar-refractivity contribution is 7.99. The first-order valence-electron chi connectivity index (χ1n) is 7.70. The second kappa shape index (κ2) is 6.82. The van der Waals surface area contributed by atoms with Crippen LogP contribution in [0.15, 0.2) is 29.3 Å². The highest BCUT2D eigenvalue weighted by atomic mass is 32.2. The molecule has 5 nitrogen and oxygen atoms in total. The number of aromatic nitrogens is 1. The lowest BCUT2D eigenvalue weighted by Crippen LogP contribution is -2.13. The van der Waals surface area contributed by atoms with Crippen LogP contribution in [0.5, 0.6) is 5.75 Å². The average molecular weight is 336 g/mol. The molecule has 0 bridgehead atoms. The van der Waals surface area contributed by atoms with E-state index in [1.807, 2.05) is 0 Å². The number of anilines is 1. The van der Waals surface area contributed by atoms with E-state index in [9.17, 15) is 15.6 Å². The van der Waals surface area contributed by atoms with Crippen LogP contribution in [-0.4, -0.2) is 15.8 Å². The number of nitriles is 2. The summed E-state index contributed by atoms with van der Waals surface area (Å²) in [5.41, 5.74) is 7.70. The van der Waals surface area contributed by atoms with Gasteiger partial charge < -0.3 is 10.8 Å². The number of thioether (sulfide) groups is 1. The maximum Gasteiger partial charge on any atom is 0.143 e. The summed E-state index contributed by atoms with van der Waals surface area (Å²) in [5.74, 6) is 1.83. The monoisotopic (exact) mass is 336 g/mol. The minimum atomic E-state index is 0.123. The molecule has 0 aliphatic heterocycles. The standard InChI is InChI=1S/C18H16N4OS/c19-8-14-16(12-4-6-13(23)7-5-12)15(9-20)18(22-17(14)21)24-10-11-2-1-3-11/h4-7,11,23H,1-3,10H2,(H2,21,22). The number of benzene rings is 1. The molecule has 1 aliphatic rings. The molecule has 1 fully saturated rings. The van der Waals surface area contributed by atoms with Gasteiger partial charge in [0.2, 0.25) is 0 Å². The summed E-state index contributed by atoms with van der Waals surface area (Å²) in [5, 5.41) is 29.2. The van der Waals surface area contributed by atoms with E-state index in [-0.39, 0.29) is 17.1 Å². The largest absolute Gasteiger partial charge is 0.508 e. The average Bonchev–Trinajstić information content (AvgIpc) is 2.53. The number of phenols is 1. The van der Waals surface area contributed by atoms with E-state index in [1.54, 1.807) is 12.1 Å². The Hall–Kier alpha value is -2.70. The van der Waals surface area contributed by atoms with Gasteiger partial charge in [0, 0.05) is 11.3 Å². The number of nitrogens with zero attached hydrogens (tertiary/aromatic N) is 3. The molecule has 0 atom stereocenters. The van der Waals surface area contributed by atoms with Gasteiger partial charge in [-0.1, -0.05) is 18.6 Å². The van der Waals surface area contributed by atoms with E-state index in [4.69, 9.17) is 5.73 Å². The Morgan fingerprint density at radius 2 is 1.83 bits per heavy atom. The molecule has 2 aromatic rings. The molecular formula is C18H16N4OS. The number of nitrogen functional groups attached to an aromatic ring is 1. The van der Waals surface area contributed by atoms with Crippen LogP contribution in [0.25, 0.3) is 11.1 Å². The van der Waals surface area contributed by atoms with Crippen LogP contribution in [0.4, 0.5) is 5.82 Å². The van der Waals surface area contributed by atoms with Crippen LogP contribution in [0.3, 0.4) is 0 Å². The van der Waals surface area contributed by atoms with Gasteiger partial charge in [0.1, 0.15) is 34.3 Å². The normalized spacial score (nSPS) is 13.8. The van der Waals surface area contributed by atoms with Crippen molar-refractivity contribution in [1.82, 2.24) is 4.98 Å². The van der Waals surface area contributed by atoms with Crippen LogP contribution < -0.4 is 5.73 Å². The maximum absolute atomic E-state index is 9.66. The predicted molar refractivity (Wildman–Crippen MR) is 93.2 cm³/mol. The van der Waals surface area contributed by atoms with Gasteiger partial charge in [-0.3, -0.25) is 0 Å². The molecule has 1 aliphatic carbocycles. The molecule has 1 aromatic carbocycles. The van der Waals surface area contributed by atoms with E-state index in [0.717, 1.165) is 5.75 Å². The van der Waals surface area contributed by atoms with Crippen molar-refractivity contribution in [3.05, 3.63) is 35.4 Å². The quantitative estimate of drug-likeness (QED) is 0.825. The van der Waals surface area contributed by atoms with Crippen LogP contribution in [-0.2, 0) is 0 Å². The molecule has 1 aromatic heterocycles. The van der Waals surface area contributed by atoms with Crippen molar-refractivity contribution < 1.29 is 5.11 Å². The second-order valence-electron chi connectivity index (χ2n) is 5.81. The minimum Gasteiger partial charge on any atom is -0.508 e. The number of phenolic OH excluding ortho intramolecular Hbond substituents is 1. The summed E-state index contributed by atoms with van der Waals surface area (Å²) in [6, 6.07) is 10.6. The van der Waals surface area contributed by atoms with Gasteiger partial charge in [0.05, 0.1) is 5.56 Å². The molecule has 0 spiro atoms. The lowest BCUT2D eigenvalue weighted by atomic mass is 9.87. The molecule has 0 unspecified atom stereocenters. The predicted octanol–water partition coefficient (Wildman–Crippen LogP) is 3.67. The number of hydrogen-bond acceptors (Lipinski definition) is 6. The second-order valence-corrected chi connectivity index (χ2v) is 6.81. The summed E-state index contributed by atoms with van der Waals surface area (Å²) in [6.07, 6.45) is 3.69. The molecule has 1 saturated carbocycles. The van der Waals surface area contributed by atoms with Crippen LogP contribution in [0.1, 0.15) is 30.4 Å². The number of nitrogens with two attached hydrogens (primary N) is 1. The van der Waals surface area contributed by atoms with Crippen LogP contribution >= 0.6 is 11.8 Å². The van der Waals surface area contributed by atoms with Crippen molar-refractivity contribution in [1.29, 1.82) is 10.5 Å². The first-order valence-corrected chi connectivity index (χ1v) is 8.68. The molecule has 3 N–H and O–H groups in total. The van der Waals surface area contributed by atoms with Gasteiger partial charge in [-0.15, -0.1) is 11.8 Å². The van der Waals surface area contributed by atoms with Gasteiger partial charge in [-0.25, -0.2) is 4.98 Å². The first kappa shape index (κ1) is 16.2. The zero-order valence-electron chi connectivity index (χ0n) is 13.0. The lowest BCUT2D eigenvalue weighted by molar-refractivity contribution is 0.353. The Morgan fingerprint density at radius 1 is 1.17 bits per heavy atom. The van der Waals surface area contributed by atoms with E-state index >= 15 is 0 Å². The Kier molecular flexibility index (Phi) is 4.59. The van der Waals surface area contributed by atoms with Crippen molar-refractivity contribution in [2.75, 3.05) is 11.5 Å². The summed E-state index contributed by atoms with van der Waals surface area (Å²) in [6.45, 7) is 0. The van der Waals surface area contributed by atoms with Gasteiger partial charge in [-0.05, 0) is 36.5 Å². The third-order valence-corrected chi connectivity index (χ3v) is 5.46. The van der Waals surface area contributed by atoms with Crippen LogP contribution in [0.2, 0.25) is 0 Å².